The predicted molar refractivity (Wildman–Crippen MR) is 115 cm³/mol. The lowest BCUT2D eigenvalue weighted by atomic mass is 9.99. The van der Waals surface area contributed by atoms with E-state index in [0.717, 1.165) is 17.4 Å². The zero-order valence-corrected chi connectivity index (χ0v) is 17.0. The van der Waals surface area contributed by atoms with Crippen LogP contribution in [0.5, 0.6) is 5.75 Å². The maximum Gasteiger partial charge on any atom is 0.255 e. The van der Waals surface area contributed by atoms with Crippen LogP contribution in [0, 0.1) is 0 Å². The first-order valence-electron chi connectivity index (χ1n) is 8.95. The van der Waals surface area contributed by atoms with Crippen molar-refractivity contribution >= 4 is 27.3 Å². The fourth-order valence-corrected chi connectivity index (χ4v) is 3.53. The van der Waals surface area contributed by atoms with Gasteiger partial charge in [-0.25, -0.2) is 8.42 Å². The highest BCUT2D eigenvalue weighted by molar-refractivity contribution is 7.92. The van der Waals surface area contributed by atoms with Gasteiger partial charge in [0.05, 0.1) is 19.1 Å². The molecule has 3 aromatic rings. The Bertz CT molecular complexity index is 1110. The summed E-state index contributed by atoms with van der Waals surface area (Å²) in [4.78, 5) is 12.9. The Labute approximate surface area is 170 Å². The molecule has 0 aromatic heterocycles. The maximum absolute atomic E-state index is 12.9. The minimum absolute atomic E-state index is 0.255. The van der Waals surface area contributed by atoms with Crippen molar-refractivity contribution < 1.29 is 17.9 Å². The fourth-order valence-electron chi connectivity index (χ4n) is 2.98. The van der Waals surface area contributed by atoms with Crippen LogP contribution in [-0.4, -0.2) is 27.7 Å². The molecular weight excluding hydrogens is 388 g/mol. The summed E-state index contributed by atoms with van der Waals surface area (Å²) in [6, 6.07) is 22.1. The van der Waals surface area contributed by atoms with Gasteiger partial charge in [-0.15, -0.1) is 0 Å². The number of methoxy groups -OCH3 is 1. The van der Waals surface area contributed by atoms with Gasteiger partial charge in [-0.3, -0.25) is 9.52 Å². The number of rotatable bonds is 7. The summed E-state index contributed by atoms with van der Waals surface area (Å²) in [5, 5.41) is 2.83. The van der Waals surface area contributed by atoms with Crippen molar-refractivity contribution in [2.24, 2.45) is 0 Å². The number of anilines is 2. The van der Waals surface area contributed by atoms with Crippen LogP contribution in [-0.2, 0) is 16.4 Å². The molecule has 0 heterocycles. The normalized spacial score (nSPS) is 11.0. The molecule has 0 saturated heterocycles. The van der Waals surface area contributed by atoms with E-state index in [1.54, 1.807) is 18.2 Å². The van der Waals surface area contributed by atoms with Crippen molar-refractivity contribution in [3.8, 4) is 5.75 Å². The molecule has 0 fully saturated rings. The van der Waals surface area contributed by atoms with Gasteiger partial charge in [0.15, 0.2) is 0 Å². The summed E-state index contributed by atoms with van der Waals surface area (Å²) in [6.45, 7) is 0. The van der Waals surface area contributed by atoms with E-state index in [2.05, 4.69) is 10.0 Å². The van der Waals surface area contributed by atoms with Gasteiger partial charge in [0.25, 0.3) is 5.91 Å². The largest absolute Gasteiger partial charge is 0.495 e. The first kappa shape index (κ1) is 20.4. The summed E-state index contributed by atoms with van der Waals surface area (Å²) in [5.74, 6) is 0.0879. The van der Waals surface area contributed by atoms with Gasteiger partial charge in [-0.05, 0) is 41.8 Å². The summed E-state index contributed by atoms with van der Waals surface area (Å²) >= 11 is 0. The van der Waals surface area contributed by atoms with Gasteiger partial charge in [-0.1, -0.05) is 48.5 Å². The summed E-state index contributed by atoms with van der Waals surface area (Å²) in [5.41, 5.74) is 3.28. The molecule has 7 heteroatoms. The lowest BCUT2D eigenvalue weighted by Crippen LogP contribution is -2.15. The lowest BCUT2D eigenvalue weighted by Gasteiger charge is -2.14. The van der Waals surface area contributed by atoms with Crippen LogP contribution in [0.4, 0.5) is 11.4 Å². The number of carbonyl (C=O) groups is 1. The molecule has 6 nitrogen and oxygen atoms in total. The van der Waals surface area contributed by atoms with Crippen LogP contribution in [0.15, 0.2) is 72.8 Å². The summed E-state index contributed by atoms with van der Waals surface area (Å²) in [7, 11) is -2.05. The molecule has 0 radical (unpaired) electrons. The third-order valence-electron chi connectivity index (χ3n) is 4.25. The van der Waals surface area contributed by atoms with Crippen LogP contribution in [0.3, 0.4) is 0 Å². The zero-order chi connectivity index (χ0) is 20.9. The molecule has 0 unspecified atom stereocenters. The standard InChI is InChI=1S/C22H22N2O4S/c1-28-21-13-12-18(15-20(21)24-29(2,26)27)23-22(25)19-11-7-6-10-17(19)14-16-8-4-3-5-9-16/h3-13,15,24H,14H2,1-2H3,(H,23,25). The number of benzene rings is 3. The second-order valence-corrected chi connectivity index (χ2v) is 8.31. The fraction of sp³-hybridized carbons (Fsp3) is 0.136. The Morgan fingerprint density at radius 1 is 0.966 bits per heavy atom. The van der Waals surface area contributed by atoms with Crippen molar-refractivity contribution in [3.63, 3.8) is 0 Å². The topological polar surface area (TPSA) is 84.5 Å². The molecule has 0 aliphatic rings. The van der Waals surface area contributed by atoms with E-state index in [1.807, 2.05) is 48.5 Å². The van der Waals surface area contributed by atoms with Crippen LogP contribution in [0.2, 0.25) is 0 Å². The molecule has 0 spiro atoms. The second-order valence-electron chi connectivity index (χ2n) is 6.56. The van der Waals surface area contributed by atoms with E-state index < -0.39 is 10.0 Å². The Hall–Kier alpha value is -3.32. The Kier molecular flexibility index (Phi) is 6.19. The number of hydrogen-bond acceptors (Lipinski definition) is 4. The maximum atomic E-state index is 12.9. The highest BCUT2D eigenvalue weighted by Crippen LogP contribution is 2.29. The molecule has 0 bridgehead atoms. The number of hydrogen-bond donors (Lipinski definition) is 2. The van der Waals surface area contributed by atoms with Gasteiger partial charge in [-0.2, -0.15) is 0 Å². The molecule has 1 amide bonds. The molecule has 150 valence electrons. The number of carbonyl (C=O) groups excluding carboxylic acids is 1. The number of ether oxygens (including phenoxy) is 1. The minimum atomic E-state index is -3.49. The first-order valence-corrected chi connectivity index (χ1v) is 10.8. The van der Waals surface area contributed by atoms with Crippen molar-refractivity contribution in [1.82, 2.24) is 0 Å². The average Bonchev–Trinajstić information content (AvgIpc) is 2.68. The quantitative estimate of drug-likeness (QED) is 0.619. The molecule has 0 atom stereocenters. The third-order valence-corrected chi connectivity index (χ3v) is 4.84. The van der Waals surface area contributed by atoms with Gasteiger partial charge in [0.1, 0.15) is 5.75 Å². The molecule has 0 aliphatic heterocycles. The smallest absolute Gasteiger partial charge is 0.255 e. The van der Waals surface area contributed by atoms with Crippen LogP contribution >= 0.6 is 0 Å². The van der Waals surface area contributed by atoms with E-state index in [1.165, 1.54) is 13.2 Å². The average molecular weight is 410 g/mol. The molecule has 3 aromatic carbocycles. The summed E-state index contributed by atoms with van der Waals surface area (Å²) in [6.07, 6.45) is 1.69. The minimum Gasteiger partial charge on any atom is -0.495 e. The second kappa shape index (κ2) is 8.79. The van der Waals surface area contributed by atoms with E-state index >= 15 is 0 Å². The van der Waals surface area contributed by atoms with Crippen molar-refractivity contribution in [3.05, 3.63) is 89.5 Å². The molecule has 0 saturated carbocycles. The molecular formula is C22H22N2O4S. The van der Waals surface area contributed by atoms with E-state index in [0.29, 0.717) is 23.4 Å². The highest BCUT2D eigenvalue weighted by atomic mass is 32.2. The van der Waals surface area contributed by atoms with E-state index in [-0.39, 0.29) is 11.6 Å². The van der Waals surface area contributed by atoms with Crippen LogP contribution in [0.1, 0.15) is 21.5 Å². The van der Waals surface area contributed by atoms with E-state index in [4.69, 9.17) is 4.74 Å². The van der Waals surface area contributed by atoms with Gasteiger partial charge in [0.2, 0.25) is 10.0 Å². The molecule has 29 heavy (non-hydrogen) atoms. The van der Waals surface area contributed by atoms with Gasteiger partial charge < -0.3 is 10.1 Å². The molecule has 0 aliphatic carbocycles. The SMILES string of the molecule is COc1ccc(NC(=O)c2ccccc2Cc2ccccc2)cc1NS(C)(=O)=O. The molecule has 2 N–H and O–H groups in total. The van der Waals surface area contributed by atoms with Crippen molar-refractivity contribution in [2.45, 2.75) is 6.42 Å². The lowest BCUT2D eigenvalue weighted by molar-refractivity contribution is 0.102. The number of nitrogens with one attached hydrogen (secondary N) is 2. The van der Waals surface area contributed by atoms with Gasteiger partial charge in [0, 0.05) is 11.3 Å². The summed E-state index contributed by atoms with van der Waals surface area (Å²) < 4.78 is 30.8. The Morgan fingerprint density at radius 2 is 1.66 bits per heavy atom. The number of amides is 1. The number of sulfonamides is 1. The van der Waals surface area contributed by atoms with Crippen molar-refractivity contribution in [2.75, 3.05) is 23.4 Å². The Morgan fingerprint density at radius 3 is 2.34 bits per heavy atom. The monoisotopic (exact) mass is 410 g/mol. The Balaban J connectivity index is 1.85. The van der Waals surface area contributed by atoms with Crippen molar-refractivity contribution in [1.29, 1.82) is 0 Å². The molecule has 3 rings (SSSR count). The highest BCUT2D eigenvalue weighted by Gasteiger charge is 2.14. The predicted octanol–water partition coefficient (Wildman–Crippen LogP) is 3.91. The van der Waals surface area contributed by atoms with E-state index in [9.17, 15) is 13.2 Å². The van der Waals surface area contributed by atoms with Gasteiger partial charge >= 0.3 is 0 Å². The first-order chi connectivity index (χ1) is 13.9. The van der Waals surface area contributed by atoms with Crippen LogP contribution in [0.25, 0.3) is 0 Å². The zero-order valence-electron chi connectivity index (χ0n) is 16.2. The third kappa shape index (κ3) is 5.58. The van der Waals surface area contributed by atoms with Crippen LogP contribution < -0.4 is 14.8 Å².